The van der Waals surface area contributed by atoms with Gasteiger partial charge in [-0.15, -0.1) is 10.2 Å². The molecule has 1 aromatic carbocycles. The van der Waals surface area contributed by atoms with Gasteiger partial charge in [0.05, 0.1) is 5.41 Å². The number of aromatic nitrogens is 4. The number of halogens is 1. The molecule has 1 aliphatic rings. The van der Waals surface area contributed by atoms with Gasteiger partial charge in [-0.2, -0.15) is 5.21 Å². The van der Waals surface area contributed by atoms with Crippen LogP contribution in [-0.4, -0.2) is 44.5 Å². The number of nitrogens with zero attached hydrogens (tertiary/aromatic N) is 4. The highest BCUT2D eigenvalue weighted by molar-refractivity contribution is 5.95. The van der Waals surface area contributed by atoms with Crippen LogP contribution in [0.5, 0.6) is 0 Å². The van der Waals surface area contributed by atoms with E-state index in [-0.39, 0.29) is 17.1 Å². The number of hydrogen-bond donors (Lipinski definition) is 1. The molecule has 0 aliphatic carbocycles. The van der Waals surface area contributed by atoms with Crippen molar-refractivity contribution in [1.29, 1.82) is 0 Å². The van der Waals surface area contributed by atoms with Gasteiger partial charge in [0.15, 0.2) is 5.82 Å². The monoisotopic (exact) mass is 275 g/mol. The minimum absolute atomic E-state index is 0.176. The van der Waals surface area contributed by atoms with Crippen LogP contribution in [0.1, 0.15) is 28.7 Å². The summed E-state index contributed by atoms with van der Waals surface area (Å²) in [5.41, 5.74) is 0.608. The number of rotatable bonds is 2. The van der Waals surface area contributed by atoms with E-state index in [2.05, 4.69) is 20.6 Å². The lowest BCUT2D eigenvalue weighted by Crippen LogP contribution is -2.60. The zero-order valence-electron chi connectivity index (χ0n) is 11.2. The first kappa shape index (κ1) is 12.7. The highest BCUT2D eigenvalue weighted by atomic mass is 19.1. The Morgan fingerprint density at radius 2 is 2.20 bits per heavy atom. The van der Waals surface area contributed by atoms with Crippen LogP contribution in [0.15, 0.2) is 18.2 Å². The van der Waals surface area contributed by atoms with E-state index >= 15 is 0 Å². The Morgan fingerprint density at radius 3 is 2.80 bits per heavy atom. The Kier molecular flexibility index (Phi) is 2.77. The Labute approximate surface area is 115 Å². The maximum absolute atomic E-state index is 13.5. The molecule has 1 amide bonds. The summed E-state index contributed by atoms with van der Waals surface area (Å²) < 4.78 is 13.5. The van der Waals surface area contributed by atoms with E-state index in [1.54, 1.807) is 24.0 Å². The number of carbonyl (C=O) groups is 1. The summed E-state index contributed by atoms with van der Waals surface area (Å²) in [6, 6.07) is 4.53. The smallest absolute Gasteiger partial charge is 0.254 e. The van der Waals surface area contributed by atoms with E-state index in [9.17, 15) is 9.18 Å². The average molecular weight is 275 g/mol. The third kappa shape index (κ3) is 1.95. The van der Waals surface area contributed by atoms with E-state index in [4.69, 9.17) is 0 Å². The van der Waals surface area contributed by atoms with Crippen molar-refractivity contribution in [2.24, 2.45) is 0 Å². The zero-order chi connectivity index (χ0) is 14.3. The molecule has 6 nitrogen and oxygen atoms in total. The van der Waals surface area contributed by atoms with Crippen molar-refractivity contribution in [3.63, 3.8) is 0 Å². The molecule has 1 N–H and O–H groups in total. The van der Waals surface area contributed by atoms with Crippen LogP contribution in [0.2, 0.25) is 0 Å². The Morgan fingerprint density at radius 1 is 1.45 bits per heavy atom. The predicted molar refractivity (Wildman–Crippen MR) is 68.6 cm³/mol. The molecule has 1 aliphatic heterocycles. The minimum Gasteiger partial charge on any atom is -0.336 e. The van der Waals surface area contributed by atoms with Gasteiger partial charge in [0.1, 0.15) is 5.82 Å². The van der Waals surface area contributed by atoms with Gasteiger partial charge >= 0.3 is 0 Å². The summed E-state index contributed by atoms with van der Waals surface area (Å²) in [7, 11) is 0. The maximum Gasteiger partial charge on any atom is 0.254 e. The molecule has 1 saturated heterocycles. The average Bonchev–Trinajstić information content (AvgIpc) is 2.92. The summed E-state index contributed by atoms with van der Waals surface area (Å²) in [6.45, 7) is 4.64. The van der Waals surface area contributed by atoms with Gasteiger partial charge in [-0.25, -0.2) is 4.39 Å². The van der Waals surface area contributed by atoms with Crippen LogP contribution in [0.3, 0.4) is 0 Å². The Hall–Kier alpha value is -2.31. The second kappa shape index (κ2) is 4.36. The predicted octanol–water partition coefficient (Wildman–Crippen LogP) is 1.06. The summed E-state index contributed by atoms with van der Waals surface area (Å²) in [5.74, 6) is 0.0545. The number of aryl methyl sites for hydroxylation is 1. The van der Waals surface area contributed by atoms with Crippen LogP contribution in [-0.2, 0) is 5.41 Å². The van der Waals surface area contributed by atoms with Crippen LogP contribution in [0.25, 0.3) is 0 Å². The number of carbonyl (C=O) groups excluding carboxylic acids is 1. The third-order valence-electron chi connectivity index (χ3n) is 3.67. The molecule has 0 atom stereocenters. The molecule has 1 fully saturated rings. The molecule has 2 heterocycles. The molecular formula is C13H14FN5O. The first-order valence-corrected chi connectivity index (χ1v) is 6.29. The summed E-state index contributed by atoms with van der Waals surface area (Å²) in [6.07, 6.45) is 0. The molecule has 20 heavy (non-hydrogen) atoms. The van der Waals surface area contributed by atoms with Crippen molar-refractivity contribution >= 4 is 5.91 Å². The fourth-order valence-electron chi connectivity index (χ4n) is 2.41. The number of aromatic amines is 1. The molecule has 3 rings (SSSR count). The Bertz CT molecular complexity index is 649. The highest BCUT2D eigenvalue weighted by Crippen LogP contribution is 2.32. The molecule has 0 saturated carbocycles. The Balaban J connectivity index is 1.73. The molecule has 7 heteroatoms. The highest BCUT2D eigenvalue weighted by Gasteiger charge is 2.45. The zero-order valence-corrected chi connectivity index (χ0v) is 11.2. The van der Waals surface area contributed by atoms with Crippen molar-refractivity contribution in [1.82, 2.24) is 25.5 Å². The number of benzene rings is 1. The van der Waals surface area contributed by atoms with Gasteiger partial charge in [0.25, 0.3) is 5.91 Å². The lowest BCUT2D eigenvalue weighted by atomic mass is 9.81. The quantitative estimate of drug-likeness (QED) is 0.889. The van der Waals surface area contributed by atoms with Crippen molar-refractivity contribution in [2.75, 3.05) is 13.1 Å². The first-order chi connectivity index (χ1) is 9.49. The number of tetrazole rings is 1. The second-order valence-corrected chi connectivity index (χ2v) is 5.42. The van der Waals surface area contributed by atoms with Gasteiger partial charge in [-0.3, -0.25) is 4.79 Å². The lowest BCUT2D eigenvalue weighted by Gasteiger charge is -2.45. The van der Waals surface area contributed by atoms with E-state index < -0.39 is 0 Å². The van der Waals surface area contributed by atoms with Crippen LogP contribution < -0.4 is 0 Å². The summed E-state index contributed by atoms with van der Waals surface area (Å²) in [4.78, 5) is 13.9. The van der Waals surface area contributed by atoms with Gasteiger partial charge in [-0.05, 0) is 31.5 Å². The van der Waals surface area contributed by atoms with Gasteiger partial charge in [0, 0.05) is 18.7 Å². The van der Waals surface area contributed by atoms with Crippen molar-refractivity contribution in [2.45, 2.75) is 19.3 Å². The minimum atomic E-state index is -0.364. The standard InChI is InChI=1S/C13H14FN5O/c1-8-3-4-9(5-10(8)14)11(20)19-6-13(2,7-19)12-15-17-18-16-12/h3-5H,6-7H2,1-2H3,(H,15,16,17,18). The van der Waals surface area contributed by atoms with Crippen LogP contribution >= 0.6 is 0 Å². The number of nitrogens with one attached hydrogen (secondary N) is 1. The van der Waals surface area contributed by atoms with Crippen LogP contribution in [0, 0.1) is 12.7 Å². The third-order valence-corrected chi connectivity index (χ3v) is 3.67. The second-order valence-electron chi connectivity index (χ2n) is 5.42. The number of H-pyrrole nitrogens is 1. The molecule has 0 unspecified atom stereocenters. The number of likely N-dealkylation sites (tertiary alicyclic amines) is 1. The van der Waals surface area contributed by atoms with E-state index in [1.807, 2.05) is 6.92 Å². The number of hydrogen-bond acceptors (Lipinski definition) is 4. The van der Waals surface area contributed by atoms with Gasteiger partial charge in [-0.1, -0.05) is 11.3 Å². The fourth-order valence-corrected chi connectivity index (χ4v) is 2.41. The normalized spacial score (nSPS) is 16.9. The maximum atomic E-state index is 13.5. The van der Waals surface area contributed by atoms with Gasteiger partial charge < -0.3 is 4.90 Å². The van der Waals surface area contributed by atoms with Crippen molar-refractivity contribution in [3.8, 4) is 0 Å². The molecule has 104 valence electrons. The van der Waals surface area contributed by atoms with Crippen molar-refractivity contribution in [3.05, 3.63) is 41.0 Å². The lowest BCUT2D eigenvalue weighted by molar-refractivity contribution is 0.0412. The SMILES string of the molecule is Cc1ccc(C(=O)N2CC(C)(c3nn[nH]n3)C2)cc1F. The summed E-state index contributed by atoms with van der Waals surface area (Å²) in [5, 5.41) is 13.9. The van der Waals surface area contributed by atoms with Crippen LogP contribution in [0.4, 0.5) is 4.39 Å². The molecule has 0 spiro atoms. The summed E-state index contributed by atoms with van der Waals surface area (Å²) >= 11 is 0. The first-order valence-electron chi connectivity index (χ1n) is 6.29. The molecule has 2 aromatic rings. The van der Waals surface area contributed by atoms with E-state index in [0.717, 1.165) is 0 Å². The largest absolute Gasteiger partial charge is 0.336 e. The molecule has 1 aromatic heterocycles. The van der Waals surface area contributed by atoms with E-state index in [1.165, 1.54) is 6.07 Å². The number of amides is 1. The van der Waals surface area contributed by atoms with Gasteiger partial charge in [0.2, 0.25) is 0 Å². The van der Waals surface area contributed by atoms with Crippen molar-refractivity contribution < 1.29 is 9.18 Å². The fraction of sp³-hybridized carbons (Fsp3) is 0.385. The molecule has 0 radical (unpaired) electrons. The van der Waals surface area contributed by atoms with E-state index in [0.29, 0.717) is 30.0 Å². The molecule has 0 bridgehead atoms. The topological polar surface area (TPSA) is 74.8 Å². The molecular weight excluding hydrogens is 261 g/mol.